The second kappa shape index (κ2) is 7.74. The molecule has 0 aromatic carbocycles. The summed E-state index contributed by atoms with van der Waals surface area (Å²) in [5.74, 6) is 0.434. The molecule has 2 heterocycles. The van der Waals surface area contributed by atoms with Gasteiger partial charge in [-0.05, 0) is 42.7 Å². The van der Waals surface area contributed by atoms with Crippen LogP contribution in [0, 0.1) is 30.1 Å². The highest BCUT2D eigenvalue weighted by Gasteiger charge is 2.49. The van der Waals surface area contributed by atoms with Gasteiger partial charge in [-0.15, -0.1) is 0 Å². The fourth-order valence-corrected chi connectivity index (χ4v) is 3.52. The van der Waals surface area contributed by atoms with Crippen LogP contribution in [-0.4, -0.2) is 14.3 Å². The van der Waals surface area contributed by atoms with E-state index in [0.717, 1.165) is 17.3 Å². The Hall–Kier alpha value is -3.08. The zero-order valence-electron chi connectivity index (χ0n) is 16.5. The summed E-state index contributed by atoms with van der Waals surface area (Å²) in [5.41, 5.74) is 2.27. The second-order valence-corrected chi connectivity index (χ2v) is 7.32. The molecule has 0 amide bonds. The molecule has 5 nitrogen and oxygen atoms in total. The van der Waals surface area contributed by atoms with E-state index in [0.29, 0.717) is 11.2 Å². The van der Waals surface area contributed by atoms with Crippen molar-refractivity contribution in [3.05, 3.63) is 71.3 Å². The Labute approximate surface area is 167 Å². The fraction of sp³-hybridized carbons (Fsp3) is 0.381. The van der Waals surface area contributed by atoms with Crippen molar-refractivity contribution in [2.24, 2.45) is 23.9 Å². The summed E-state index contributed by atoms with van der Waals surface area (Å²) >= 11 is 0. The minimum absolute atomic E-state index is 0.0103. The molecular weight excluding hydrogens is 379 g/mol. The smallest absolute Gasteiger partial charge is 0.333 e. The third-order valence-electron chi connectivity index (χ3n) is 5.16. The van der Waals surface area contributed by atoms with Crippen molar-refractivity contribution in [2.45, 2.75) is 32.5 Å². The van der Waals surface area contributed by atoms with Crippen LogP contribution in [0.5, 0.6) is 0 Å². The van der Waals surface area contributed by atoms with Gasteiger partial charge in [0.2, 0.25) is 0 Å². The Balaban J connectivity index is 1.97. The normalized spacial score (nSPS) is 22.4. The SMILES string of the molecule is C=C/C=C(Cn1ccc(C(F)(F)F)n1)\N=c1\cc(C)cc(C2C(C)C2C#N)n1C. The molecule has 3 atom stereocenters. The first-order valence-electron chi connectivity index (χ1n) is 9.20. The highest BCUT2D eigenvalue weighted by Crippen LogP contribution is 2.52. The lowest BCUT2D eigenvalue weighted by Gasteiger charge is -2.12. The number of pyridine rings is 1. The van der Waals surface area contributed by atoms with Crippen molar-refractivity contribution in [1.29, 1.82) is 5.26 Å². The average Bonchev–Trinajstić information content (AvgIpc) is 3.04. The summed E-state index contributed by atoms with van der Waals surface area (Å²) in [6.45, 7) is 7.75. The third-order valence-corrected chi connectivity index (χ3v) is 5.16. The Bertz CT molecular complexity index is 1070. The highest BCUT2D eigenvalue weighted by atomic mass is 19.4. The van der Waals surface area contributed by atoms with E-state index in [2.05, 4.69) is 35.7 Å². The van der Waals surface area contributed by atoms with Gasteiger partial charge in [-0.2, -0.15) is 23.5 Å². The van der Waals surface area contributed by atoms with Crippen LogP contribution in [0.15, 0.2) is 53.8 Å². The standard InChI is InChI=1S/C21H22F3N5/c1-5-6-15(12-29-8-7-18(27-29)21(22,23)24)26-19-10-13(2)9-17(28(19)4)20-14(3)16(20)11-25/h5-10,14,16,20H,1,12H2,2-4H3/b15-6-,26-19-. The lowest BCUT2D eigenvalue weighted by Crippen LogP contribution is -2.22. The van der Waals surface area contributed by atoms with Gasteiger partial charge in [-0.1, -0.05) is 19.6 Å². The number of alkyl halides is 3. The average molecular weight is 401 g/mol. The van der Waals surface area contributed by atoms with Crippen LogP contribution >= 0.6 is 0 Å². The van der Waals surface area contributed by atoms with Crippen LogP contribution in [0.2, 0.25) is 0 Å². The van der Waals surface area contributed by atoms with Crippen molar-refractivity contribution in [3.8, 4) is 6.07 Å². The van der Waals surface area contributed by atoms with Crippen molar-refractivity contribution in [3.63, 3.8) is 0 Å². The lowest BCUT2D eigenvalue weighted by atomic mass is 10.1. The number of aryl methyl sites for hydroxylation is 1. The summed E-state index contributed by atoms with van der Waals surface area (Å²) in [4.78, 5) is 4.65. The van der Waals surface area contributed by atoms with Gasteiger partial charge < -0.3 is 4.57 Å². The van der Waals surface area contributed by atoms with E-state index in [1.165, 1.54) is 10.9 Å². The fourth-order valence-electron chi connectivity index (χ4n) is 3.52. The van der Waals surface area contributed by atoms with Crippen LogP contribution < -0.4 is 5.49 Å². The number of hydrogen-bond donors (Lipinski definition) is 0. The van der Waals surface area contributed by atoms with Gasteiger partial charge in [0.05, 0.1) is 24.2 Å². The zero-order valence-corrected chi connectivity index (χ0v) is 16.5. The third kappa shape index (κ3) is 4.34. The van der Waals surface area contributed by atoms with Gasteiger partial charge in [0.15, 0.2) is 5.69 Å². The van der Waals surface area contributed by atoms with Crippen LogP contribution in [0.1, 0.15) is 29.8 Å². The molecule has 3 rings (SSSR count). The number of halogens is 3. The Kier molecular flexibility index (Phi) is 5.51. The molecule has 0 aliphatic heterocycles. The Morgan fingerprint density at radius 1 is 1.41 bits per heavy atom. The topological polar surface area (TPSA) is 58.9 Å². The van der Waals surface area contributed by atoms with Crippen molar-refractivity contribution in [1.82, 2.24) is 14.3 Å². The van der Waals surface area contributed by atoms with Crippen LogP contribution in [0.3, 0.4) is 0 Å². The number of nitriles is 1. The summed E-state index contributed by atoms with van der Waals surface area (Å²) in [6.07, 6.45) is -0.0195. The maximum Gasteiger partial charge on any atom is 0.435 e. The molecule has 2 aromatic heterocycles. The zero-order chi connectivity index (χ0) is 21.3. The van der Waals surface area contributed by atoms with E-state index in [4.69, 9.17) is 0 Å². The molecule has 0 N–H and O–H groups in total. The number of nitrogens with zero attached hydrogens (tertiary/aromatic N) is 5. The summed E-state index contributed by atoms with van der Waals surface area (Å²) < 4.78 is 41.5. The van der Waals surface area contributed by atoms with Gasteiger partial charge >= 0.3 is 6.18 Å². The molecule has 1 aliphatic carbocycles. The van der Waals surface area contributed by atoms with E-state index < -0.39 is 11.9 Å². The van der Waals surface area contributed by atoms with Crippen molar-refractivity contribution >= 4 is 0 Å². The second-order valence-electron chi connectivity index (χ2n) is 7.32. The molecular formula is C21H22F3N5. The summed E-state index contributed by atoms with van der Waals surface area (Å²) in [5, 5.41) is 12.9. The Morgan fingerprint density at radius 3 is 2.69 bits per heavy atom. The maximum absolute atomic E-state index is 12.8. The number of rotatable bonds is 5. The molecule has 29 heavy (non-hydrogen) atoms. The molecule has 0 radical (unpaired) electrons. The van der Waals surface area contributed by atoms with E-state index in [9.17, 15) is 18.4 Å². The van der Waals surface area contributed by atoms with Gasteiger partial charge in [0.1, 0.15) is 5.49 Å². The summed E-state index contributed by atoms with van der Waals surface area (Å²) in [7, 11) is 1.88. The van der Waals surface area contributed by atoms with E-state index >= 15 is 0 Å². The van der Waals surface area contributed by atoms with E-state index in [-0.39, 0.29) is 24.3 Å². The first-order valence-corrected chi connectivity index (χ1v) is 9.20. The number of hydrogen-bond acceptors (Lipinski definition) is 3. The molecule has 2 aromatic rings. The largest absolute Gasteiger partial charge is 0.435 e. The number of aromatic nitrogens is 3. The van der Waals surface area contributed by atoms with Crippen LogP contribution in [0.25, 0.3) is 0 Å². The monoisotopic (exact) mass is 401 g/mol. The highest BCUT2D eigenvalue weighted by molar-refractivity contribution is 5.30. The Morgan fingerprint density at radius 2 is 2.14 bits per heavy atom. The molecule has 152 valence electrons. The predicted molar refractivity (Wildman–Crippen MR) is 102 cm³/mol. The lowest BCUT2D eigenvalue weighted by molar-refractivity contribution is -0.141. The van der Waals surface area contributed by atoms with Crippen molar-refractivity contribution < 1.29 is 13.2 Å². The molecule has 0 spiro atoms. The van der Waals surface area contributed by atoms with Crippen molar-refractivity contribution in [2.75, 3.05) is 0 Å². The minimum Gasteiger partial charge on any atom is -0.333 e. The van der Waals surface area contributed by atoms with Gasteiger partial charge in [-0.3, -0.25) is 4.68 Å². The summed E-state index contributed by atoms with van der Waals surface area (Å²) in [6, 6.07) is 7.23. The minimum atomic E-state index is -4.49. The predicted octanol–water partition coefficient (Wildman–Crippen LogP) is 4.09. The quantitative estimate of drug-likeness (QED) is 0.709. The molecule has 1 saturated carbocycles. The molecule has 1 aliphatic rings. The molecule has 8 heteroatoms. The molecule has 0 saturated heterocycles. The van der Waals surface area contributed by atoms with Gasteiger partial charge in [0.25, 0.3) is 0 Å². The van der Waals surface area contributed by atoms with E-state index in [1.807, 2.05) is 24.6 Å². The first kappa shape index (κ1) is 20.6. The first-order chi connectivity index (χ1) is 13.7. The van der Waals surface area contributed by atoms with Crippen LogP contribution in [0.4, 0.5) is 13.2 Å². The molecule has 0 bridgehead atoms. The number of allylic oxidation sites excluding steroid dienone is 3. The van der Waals surface area contributed by atoms with E-state index in [1.54, 1.807) is 12.2 Å². The maximum atomic E-state index is 12.8. The molecule has 3 unspecified atom stereocenters. The molecule has 1 fully saturated rings. The van der Waals surface area contributed by atoms with Gasteiger partial charge in [0, 0.05) is 24.9 Å². The van der Waals surface area contributed by atoms with Crippen LogP contribution in [-0.2, 0) is 19.8 Å². The van der Waals surface area contributed by atoms with Gasteiger partial charge in [-0.25, -0.2) is 4.99 Å².